The third kappa shape index (κ3) is 6.24. The van der Waals surface area contributed by atoms with Crippen molar-refractivity contribution in [3.05, 3.63) is 71.8 Å². The highest BCUT2D eigenvalue weighted by atomic mass is 16.6. The van der Waals surface area contributed by atoms with E-state index in [9.17, 15) is 24.3 Å². The molecule has 0 aliphatic carbocycles. The van der Waals surface area contributed by atoms with Crippen molar-refractivity contribution < 1.29 is 29.0 Å². The fourth-order valence-electron chi connectivity index (χ4n) is 5.49. The van der Waals surface area contributed by atoms with Gasteiger partial charge >= 0.3 is 12.1 Å². The second-order valence-corrected chi connectivity index (χ2v) is 11.3. The minimum absolute atomic E-state index is 0.145. The maximum Gasteiger partial charge on any atom is 0.410 e. The van der Waals surface area contributed by atoms with Gasteiger partial charge in [-0.2, -0.15) is 0 Å². The first kappa shape index (κ1) is 28.1. The average Bonchev–Trinajstić information content (AvgIpc) is 3.41. The Kier molecular flexibility index (Phi) is 8.28. The van der Waals surface area contributed by atoms with Crippen LogP contribution in [0.2, 0.25) is 0 Å². The molecule has 4 rings (SSSR count). The summed E-state index contributed by atoms with van der Waals surface area (Å²) in [6, 6.07) is 16.1. The largest absolute Gasteiger partial charge is 0.479 e. The molecule has 0 bridgehead atoms. The Hall–Kier alpha value is -3.88. The SMILES string of the molecule is CC(C)(C)OC(=O)N1CCCC1C(=O)N1CCC(C(=O)NC(C(=O)O)c2ccccc2)(c2ccccc2)CC1. The van der Waals surface area contributed by atoms with E-state index in [1.54, 1.807) is 56.0 Å². The molecule has 2 saturated heterocycles. The topological polar surface area (TPSA) is 116 Å². The van der Waals surface area contributed by atoms with Gasteiger partial charge in [-0.15, -0.1) is 0 Å². The Morgan fingerprint density at radius 3 is 2.10 bits per heavy atom. The molecule has 2 aliphatic heterocycles. The van der Waals surface area contributed by atoms with Crippen molar-refractivity contribution in [2.45, 2.75) is 69.6 Å². The van der Waals surface area contributed by atoms with Crippen molar-refractivity contribution in [1.29, 1.82) is 0 Å². The van der Waals surface area contributed by atoms with Crippen LogP contribution in [0.4, 0.5) is 4.79 Å². The van der Waals surface area contributed by atoms with Crippen molar-refractivity contribution in [2.75, 3.05) is 19.6 Å². The number of carbonyl (C=O) groups excluding carboxylic acids is 3. The number of benzene rings is 2. The van der Waals surface area contributed by atoms with Crippen molar-refractivity contribution in [1.82, 2.24) is 15.1 Å². The normalized spacial score (nSPS) is 19.7. The molecule has 0 aromatic heterocycles. The Balaban J connectivity index is 1.52. The molecule has 0 radical (unpaired) electrons. The molecule has 2 atom stereocenters. The lowest BCUT2D eigenvalue weighted by Gasteiger charge is -2.42. The van der Waals surface area contributed by atoms with Crippen LogP contribution >= 0.6 is 0 Å². The molecule has 2 aromatic rings. The third-order valence-electron chi connectivity index (χ3n) is 7.51. The lowest BCUT2D eigenvalue weighted by molar-refractivity contribution is -0.144. The third-order valence-corrected chi connectivity index (χ3v) is 7.51. The van der Waals surface area contributed by atoms with E-state index in [1.165, 1.54) is 4.90 Å². The molecule has 0 spiro atoms. The van der Waals surface area contributed by atoms with Crippen LogP contribution in [0, 0.1) is 0 Å². The number of rotatable bonds is 6. The van der Waals surface area contributed by atoms with Gasteiger partial charge in [-0.25, -0.2) is 9.59 Å². The molecule has 9 heteroatoms. The van der Waals surface area contributed by atoms with Gasteiger partial charge in [0.05, 0.1) is 5.41 Å². The summed E-state index contributed by atoms with van der Waals surface area (Å²) in [7, 11) is 0. The summed E-state index contributed by atoms with van der Waals surface area (Å²) in [4.78, 5) is 55.5. The minimum atomic E-state index is -1.19. The molecular formula is C30H37N3O6. The number of carbonyl (C=O) groups is 4. The lowest BCUT2D eigenvalue weighted by atomic mass is 9.71. The van der Waals surface area contributed by atoms with Gasteiger partial charge in [0.2, 0.25) is 11.8 Å². The van der Waals surface area contributed by atoms with E-state index in [-0.39, 0.29) is 11.8 Å². The van der Waals surface area contributed by atoms with Crippen LogP contribution in [0.25, 0.3) is 0 Å². The van der Waals surface area contributed by atoms with E-state index in [1.807, 2.05) is 30.3 Å². The van der Waals surface area contributed by atoms with Crippen molar-refractivity contribution in [2.24, 2.45) is 0 Å². The summed E-state index contributed by atoms with van der Waals surface area (Å²) in [6.45, 7) is 6.47. The molecule has 39 heavy (non-hydrogen) atoms. The fourth-order valence-corrected chi connectivity index (χ4v) is 5.49. The van der Waals surface area contributed by atoms with Gasteiger partial charge in [0.1, 0.15) is 11.6 Å². The van der Waals surface area contributed by atoms with Gasteiger partial charge in [-0.05, 0) is 57.6 Å². The van der Waals surface area contributed by atoms with Crippen LogP contribution in [-0.2, 0) is 24.5 Å². The lowest BCUT2D eigenvalue weighted by Crippen LogP contribution is -2.56. The Morgan fingerprint density at radius 1 is 0.949 bits per heavy atom. The van der Waals surface area contributed by atoms with Crippen LogP contribution in [0.1, 0.15) is 63.6 Å². The van der Waals surface area contributed by atoms with Crippen LogP contribution in [-0.4, -0.2) is 70.1 Å². The summed E-state index contributed by atoms with van der Waals surface area (Å²) in [5.41, 5.74) is -0.393. The van der Waals surface area contributed by atoms with Gasteiger partial charge in [-0.1, -0.05) is 60.7 Å². The van der Waals surface area contributed by atoms with E-state index in [2.05, 4.69) is 5.32 Å². The first-order valence-electron chi connectivity index (χ1n) is 13.4. The highest BCUT2D eigenvalue weighted by Gasteiger charge is 2.47. The zero-order valence-corrected chi connectivity index (χ0v) is 22.8. The number of likely N-dealkylation sites (tertiary alicyclic amines) is 2. The quantitative estimate of drug-likeness (QED) is 0.580. The summed E-state index contributed by atoms with van der Waals surface area (Å²) in [5, 5.41) is 12.7. The molecule has 2 aromatic carbocycles. The average molecular weight is 536 g/mol. The standard InChI is InChI=1S/C30H37N3O6/c1-29(2,3)39-28(38)33-18-10-15-23(33)25(34)32-19-16-30(17-20-32,22-13-8-5-9-14-22)27(37)31-24(26(35)36)21-11-6-4-7-12-21/h4-9,11-14,23-24H,10,15-20H2,1-3H3,(H,31,37)(H,35,36). The zero-order valence-electron chi connectivity index (χ0n) is 22.8. The highest BCUT2D eigenvalue weighted by Crippen LogP contribution is 2.37. The first-order valence-corrected chi connectivity index (χ1v) is 13.4. The Bertz CT molecular complexity index is 1190. The van der Waals surface area contributed by atoms with Crippen molar-refractivity contribution in [3.8, 4) is 0 Å². The molecule has 2 aliphatic rings. The second-order valence-electron chi connectivity index (χ2n) is 11.3. The molecule has 3 amide bonds. The Labute approximate surface area is 229 Å². The van der Waals surface area contributed by atoms with Gasteiger partial charge < -0.3 is 20.1 Å². The number of carboxylic acid groups (broad SMARTS) is 1. The number of hydrogen-bond acceptors (Lipinski definition) is 5. The smallest absolute Gasteiger partial charge is 0.410 e. The zero-order chi connectivity index (χ0) is 28.2. The number of nitrogens with zero attached hydrogens (tertiary/aromatic N) is 2. The molecule has 2 unspecified atom stereocenters. The predicted molar refractivity (Wildman–Crippen MR) is 145 cm³/mol. The Morgan fingerprint density at radius 2 is 1.54 bits per heavy atom. The molecular weight excluding hydrogens is 498 g/mol. The van der Waals surface area contributed by atoms with Crippen molar-refractivity contribution >= 4 is 23.9 Å². The van der Waals surface area contributed by atoms with Gasteiger partial charge in [-0.3, -0.25) is 14.5 Å². The summed E-state index contributed by atoms with van der Waals surface area (Å²) < 4.78 is 5.52. The number of carboxylic acids is 1. The van der Waals surface area contributed by atoms with Gasteiger partial charge in [0.15, 0.2) is 6.04 Å². The minimum Gasteiger partial charge on any atom is -0.479 e. The molecule has 2 fully saturated rings. The van der Waals surface area contributed by atoms with E-state index in [4.69, 9.17) is 4.74 Å². The molecule has 0 saturated carbocycles. The second kappa shape index (κ2) is 11.5. The summed E-state index contributed by atoms with van der Waals surface area (Å²) >= 11 is 0. The van der Waals surface area contributed by atoms with E-state index >= 15 is 0 Å². The van der Waals surface area contributed by atoms with E-state index in [0.29, 0.717) is 44.5 Å². The van der Waals surface area contributed by atoms with E-state index < -0.39 is 35.2 Å². The van der Waals surface area contributed by atoms with E-state index in [0.717, 1.165) is 12.0 Å². The van der Waals surface area contributed by atoms with Crippen LogP contribution in [0.3, 0.4) is 0 Å². The van der Waals surface area contributed by atoms with Crippen LogP contribution in [0.15, 0.2) is 60.7 Å². The van der Waals surface area contributed by atoms with Gasteiger partial charge in [0, 0.05) is 19.6 Å². The summed E-state index contributed by atoms with van der Waals surface area (Å²) in [6.07, 6.45) is 1.45. The maximum absolute atomic E-state index is 13.9. The van der Waals surface area contributed by atoms with Crippen LogP contribution in [0.5, 0.6) is 0 Å². The maximum atomic E-state index is 13.9. The number of ether oxygens (including phenoxy) is 1. The monoisotopic (exact) mass is 535 g/mol. The molecule has 2 N–H and O–H groups in total. The number of amides is 3. The van der Waals surface area contributed by atoms with Crippen LogP contribution < -0.4 is 5.32 Å². The van der Waals surface area contributed by atoms with Crippen molar-refractivity contribution in [3.63, 3.8) is 0 Å². The number of aliphatic carboxylic acids is 1. The number of hydrogen-bond donors (Lipinski definition) is 2. The molecule has 9 nitrogen and oxygen atoms in total. The molecule has 2 heterocycles. The molecule has 208 valence electrons. The highest BCUT2D eigenvalue weighted by molar-refractivity contribution is 5.93. The predicted octanol–water partition coefficient (Wildman–Crippen LogP) is 3.89. The number of nitrogens with one attached hydrogen (secondary N) is 1. The number of piperidine rings is 1. The van der Waals surface area contributed by atoms with Gasteiger partial charge in [0.25, 0.3) is 0 Å². The fraction of sp³-hybridized carbons (Fsp3) is 0.467. The summed E-state index contributed by atoms with van der Waals surface area (Å²) in [5.74, 6) is -1.67. The first-order chi connectivity index (χ1) is 18.5.